The molecule has 6 rings (SSSR count). The van der Waals surface area contributed by atoms with Crippen LogP contribution >= 0.6 is 0 Å². The summed E-state index contributed by atoms with van der Waals surface area (Å²) in [7, 11) is 1.69. The molecule has 4 aromatic rings. The molecule has 3 aromatic carbocycles. The Balaban J connectivity index is 1.11. The number of benzene rings is 3. The van der Waals surface area contributed by atoms with Gasteiger partial charge in [0.25, 0.3) is 0 Å². The summed E-state index contributed by atoms with van der Waals surface area (Å²) in [5, 5.41) is 23.9. The van der Waals surface area contributed by atoms with Crippen LogP contribution < -0.4 is 10.1 Å². The van der Waals surface area contributed by atoms with Crippen LogP contribution in [0, 0.1) is 17.2 Å². The molecule has 0 bridgehead atoms. The van der Waals surface area contributed by atoms with Crippen molar-refractivity contribution in [3.8, 4) is 22.9 Å². The van der Waals surface area contributed by atoms with Crippen LogP contribution in [0.4, 0.5) is 0 Å². The average Bonchev–Trinajstić information content (AvgIpc) is 3.64. The zero-order chi connectivity index (χ0) is 31.9. The smallest absolute Gasteiger partial charge is 0.244 e. The van der Waals surface area contributed by atoms with E-state index in [1.165, 1.54) is 16.6 Å². The number of piperidine rings is 2. The lowest BCUT2D eigenvalue weighted by Crippen LogP contribution is -2.52. The van der Waals surface area contributed by atoms with Gasteiger partial charge in [0.05, 0.1) is 18.7 Å². The van der Waals surface area contributed by atoms with Crippen LogP contribution in [0.5, 0.6) is 5.75 Å². The highest BCUT2D eigenvalue weighted by atomic mass is 16.5. The minimum absolute atomic E-state index is 0.0340. The van der Waals surface area contributed by atoms with Crippen molar-refractivity contribution in [3.63, 3.8) is 0 Å². The standard InChI is InChI=1S/C35H38N8O3/c1-46-33-12-11-29(26-9-7-25(20-36)8-10-26)19-30(33)21-37-32-15-18-42(22-31(32)27-5-3-2-4-6-27)35(45)28-13-16-41(17-14-28)34(44)23-43-24-38-39-40-43/h2-12,19,24,28,31-32,37H,13-18,21-23H2,1H3/t31-,32-/m0/s1. The van der Waals surface area contributed by atoms with Crippen LogP contribution in [0.1, 0.15) is 41.9 Å². The minimum atomic E-state index is -0.0905. The molecular formula is C35H38N8O3. The molecule has 11 heteroatoms. The Morgan fingerprint density at radius 2 is 1.70 bits per heavy atom. The number of nitrogens with zero attached hydrogens (tertiary/aromatic N) is 7. The maximum Gasteiger partial charge on any atom is 0.244 e. The normalized spacial score (nSPS) is 18.6. The second-order valence-electron chi connectivity index (χ2n) is 12.0. The fourth-order valence-electron chi connectivity index (χ4n) is 6.63. The van der Waals surface area contributed by atoms with Crippen molar-refractivity contribution in [1.29, 1.82) is 5.26 Å². The first-order valence-corrected chi connectivity index (χ1v) is 15.8. The number of hydrogen-bond acceptors (Lipinski definition) is 8. The summed E-state index contributed by atoms with van der Waals surface area (Å²) in [5.74, 6) is 1.00. The number of nitrogens with one attached hydrogen (secondary N) is 1. The molecule has 3 heterocycles. The number of amides is 2. The van der Waals surface area contributed by atoms with Gasteiger partial charge >= 0.3 is 0 Å². The van der Waals surface area contributed by atoms with E-state index in [-0.39, 0.29) is 36.2 Å². The molecule has 1 N–H and O–H groups in total. The molecular weight excluding hydrogens is 580 g/mol. The summed E-state index contributed by atoms with van der Waals surface area (Å²) in [6.45, 7) is 3.16. The van der Waals surface area contributed by atoms with Crippen molar-refractivity contribution in [2.75, 3.05) is 33.3 Å². The monoisotopic (exact) mass is 618 g/mol. The quantitative estimate of drug-likeness (QED) is 0.301. The largest absolute Gasteiger partial charge is 0.496 e. The van der Waals surface area contributed by atoms with Crippen LogP contribution in [-0.4, -0.2) is 81.2 Å². The fraction of sp³-hybridized carbons (Fsp3) is 0.371. The molecule has 2 aliphatic rings. The first-order valence-electron chi connectivity index (χ1n) is 15.8. The summed E-state index contributed by atoms with van der Waals surface area (Å²) in [4.78, 5) is 30.3. The van der Waals surface area contributed by atoms with Gasteiger partial charge in [0.15, 0.2) is 0 Å². The number of rotatable bonds is 9. The van der Waals surface area contributed by atoms with Gasteiger partial charge in [0.1, 0.15) is 18.6 Å². The summed E-state index contributed by atoms with van der Waals surface area (Å²) in [6.07, 6.45) is 3.57. The Hall–Kier alpha value is -5.08. The Morgan fingerprint density at radius 3 is 2.39 bits per heavy atom. The molecule has 2 amide bonds. The number of methoxy groups -OCH3 is 1. The van der Waals surface area contributed by atoms with E-state index < -0.39 is 0 Å². The number of hydrogen-bond donors (Lipinski definition) is 1. The Bertz CT molecular complexity index is 1660. The van der Waals surface area contributed by atoms with E-state index in [9.17, 15) is 14.9 Å². The van der Waals surface area contributed by atoms with Gasteiger partial charge in [-0.3, -0.25) is 9.59 Å². The lowest BCUT2D eigenvalue weighted by atomic mass is 9.84. The van der Waals surface area contributed by atoms with E-state index >= 15 is 0 Å². The van der Waals surface area contributed by atoms with Crippen LogP contribution in [0.25, 0.3) is 11.1 Å². The third kappa shape index (κ3) is 7.08. The van der Waals surface area contributed by atoms with Crippen molar-refractivity contribution in [1.82, 2.24) is 35.3 Å². The van der Waals surface area contributed by atoms with Crippen molar-refractivity contribution in [2.24, 2.45) is 5.92 Å². The number of nitriles is 1. The summed E-state index contributed by atoms with van der Waals surface area (Å²) in [6, 6.07) is 26.5. The molecule has 0 radical (unpaired) electrons. The number of aromatic nitrogens is 4. The lowest BCUT2D eigenvalue weighted by Gasteiger charge is -2.42. The Kier molecular flexibility index (Phi) is 9.65. The van der Waals surface area contributed by atoms with Crippen LogP contribution in [0.2, 0.25) is 0 Å². The predicted molar refractivity (Wildman–Crippen MR) is 171 cm³/mol. The molecule has 2 aliphatic heterocycles. The van der Waals surface area contributed by atoms with Crippen LogP contribution in [-0.2, 0) is 22.7 Å². The molecule has 0 aliphatic carbocycles. The van der Waals surface area contributed by atoms with E-state index in [2.05, 4.69) is 57.2 Å². The zero-order valence-electron chi connectivity index (χ0n) is 26.0. The van der Waals surface area contributed by atoms with Crippen molar-refractivity contribution in [2.45, 2.75) is 44.3 Å². The molecule has 1 aromatic heterocycles. The highest BCUT2D eigenvalue weighted by Gasteiger charge is 2.36. The van der Waals surface area contributed by atoms with Crippen molar-refractivity contribution in [3.05, 3.63) is 95.8 Å². The van der Waals surface area contributed by atoms with E-state index in [0.717, 1.165) is 28.9 Å². The molecule has 0 unspecified atom stereocenters. The van der Waals surface area contributed by atoms with E-state index in [1.54, 1.807) is 12.0 Å². The third-order valence-corrected chi connectivity index (χ3v) is 9.22. The average molecular weight is 619 g/mol. The second kappa shape index (κ2) is 14.3. The Labute approximate surface area is 268 Å². The topological polar surface area (TPSA) is 129 Å². The number of likely N-dealkylation sites (tertiary alicyclic amines) is 2. The van der Waals surface area contributed by atoms with Gasteiger partial charge in [0, 0.05) is 56.2 Å². The maximum atomic E-state index is 13.8. The molecule has 46 heavy (non-hydrogen) atoms. The summed E-state index contributed by atoms with van der Waals surface area (Å²) >= 11 is 0. The third-order valence-electron chi connectivity index (χ3n) is 9.22. The van der Waals surface area contributed by atoms with E-state index in [4.69, 9.17) is 4.74 Å². The molecule has 0 saturated carbocycles. The zero-order valence-corrected chi connectivity index (χ0v) is 26.0. The van der Waals surface area contributed by atoms with E-state index in [0.29, 0.717) is 51.1 Å². The predicted octanol–water partition coefficient (Wildman–Crippen LogP) is 3.63. The summed E-state index contributed by atoms with van der Waals surface area (Å²) < 4.78 is 7.14. The molecule has 0 spiro atoms. The molecule has 2 atom stereocenters. The van der Waals surface area contributed by atoms with Gasteiger partial charge < -0.3 is 19.9 Å². The second-order valence-corrected chi connectivity index (χ2v) is 12.0. The van der Waals surface area contributed by atoms with Crippen LogP contribution in [0.3, 0.4) is 0 Å². The fourth-order valence-corrected chi connectivity index (χ4v) is 6.63. The van der Waals surface area contributed by atoms with Crippen molar-refractivity contribution >= 4 is 11.8 Å². The van der Waals surface area contributed by atoms with Gasteiger partial charge in [-0.05, 0) is 70.6 Å². The highest BCUT2D eigenvalue weighted by molar-refractivity contribution is 5.80. The highest BCUT2D eigenvalue weighted by Crippen LogP contribution is 2.32. The van der Waals surface area contributed by atoms with Gasteiger partial charge in [-0.1, -0.05) is 48.5 Å². The van der Waals surface area contributed by atoms with E-state index in [1.807, 2.05) is 47.4 Å². The first kappa shape index (κ1) is 30.9. The summed E-state index contributed by atoms with van der Waals surface area (Å²) in [5.41, 5.74) is 4.99. The number of tetrazole rings is 1. The lowest BCUT2D eigenvalue weighted by molar-refractivity contribution is -0.142. The molecule has 11 nitrogen and oxygen atoms in total. The van der Waals surface area contributed by atoms with Crippen LogP contribution in [0.15, 0.2) is 79.1 Å². The molecule has 236 valence electrons. The van der Waals surface area contributed by atoms with Gasteiger partial charge in [-0.25, -0.2) is 4.68 Å². The van der Waals surface area contributed by atoms with Gasteiger partial charge in [-0.15, -0.1) is 5.10 Å². The number of ether oxygens (including phenoxy) is 1. The maximum absolute atomic E-state index is 13.8. The van der Waals surface area contributed by atoms with Crippen molar-refractivity contribution < 1.29 is 14.3 Å². The minimum Gasteiger partial charge on any atom is -0.496 e. The van der Waals surface area contributed by atoms with Gasteiger partial charge in [0.2, 0.25) is 11.8 Å². The van der Waals surface area contributed by atoms with Gasteiger partial charge in [-0.2, -0.15) is 5.26 Å². The SMILES string of the molecule is COc1ccc(-c2ccc(C#N)cc2)cc1CN[C@H]1CCN(C(=O)C2CCN(C(=O)Cn3cnnn3)CC2)C[C@H]1c1ccccc1. The molecule has 2 fully saturated rings. The Morgan fingerprint density at radius 1 is 0.957 bits per heavy atom. The number of carbonyl (C=O) groups is 2. The molecule has 2 saturated heterocycles. The number of carbonyl (C=O) groups excluding carboxylic acids is 2. The first-order chi connectivity index (χ1) is 22.5.